The summed E-state index contributed by atoms with van der Waals surface area (Å²) in [4.78, 5) is 0. The highest BCUT2D eigenvalue weighted by Crippen LogP contribution is 2.32. The van der Waals surface area contributed by atoms with Crippen LogP contribution in [0.25, 0.3) is 0 Å². The Morgan fingerprint density at radius 3 is 2.44 bits per heavy atom. The Balaban J connectivity index is 2.31. The lowest BCUT2D eigenvalue weighted by atomic mass is 10.0. The molecule has 0 heterocycles. The number of hydrogen-bond acceptors (Lipinski definition) is 1. The van der Waals surface area contributed by atoms with Crippen molar-refractivity contribution < 1.29 is 9.84 Å². The maximum absolute atomic E-state index is 11.3. The van der Waals surface area contributed by atoms with E-state index in [0.29, 0.717) is 17.2 Å². The number of aryl methyl sites for hydroxylation is 1. The van der Waals surface area contributed by atoms with Crippen LogP contribution in [0.15, 0.2) is 42.5 Å². The monoisotopic (exact) mass is 241 g/mol. The van der Waals surface area contributed by atoms with Crippen LogP contribution in [0.5, 0.6) is 17.2 Å². The summed E-state index contributed by atoms with van der Waals surface area (Å²) in [6.07, 6.45) is 0. The number of ether oxygens (including phenoxy) is 1. The van der Waals surface area contributed by atoms with Gasteiger partial charge in [0.2, 0.25) is 0 Å². The Morgan fingerprint density at radius 1 is 1.06 bits per heavy atom. The summed E-state index contributed by atoms with van der Waals surface area (Å²) in [6.45, 7) is 6.06. The van der Waals surface area contributed by atoms with Gasteiger partial charge in [-0.15, -0.1) is 0 Å². The quantitative estimate of drug-likeness (QED) is 0.738. The van der Waals surface area contributed by atoms with Gasteiger partial charge in [0.05, 0.1) is 0 Å². The van der Waals surface area contributed by atoms with Crippen molar-refractivity contribution in [2.24, 2.45) is 0 Å². The minimum absolute atomic E-state index is 0.0412. The Hall–Kier alpha value is -1.96. The van der Waals surface area contributed by atoms with E-state index < -0.39 is 0 Å². The number of hydrogen-bond donors (Lipinski definition) is 0. The zero-order chi connectivity index (χ0) is 13.1. The Labute approximate surface area is 108 Å². The zero-order valence-electron chi connectivity index (χ0n) is 10.9. The molecule has 0 aliphatic carbocycles. The predicted octanol–water partition coefficient (Wildman–Crippen LogP) is 5.05. The lowest BCUT2D eigenvalue weighted by molar-refractivity contribution is 0.350. The average molecular weight is 241 g/mol. The average Bonchev–Trinajstić information content (AvgIpc) is 2.34. The molecule has 2 nitrogen and oxygen atoms in total. The number of para-hydroxylation sites is 1. The van der Waals surface area contributed by atoms with Crippen molar-refractivity contribution in [3.8, 4) is 17.2 Å². The zero-order valence-corrected chi connectivity index (χ0v) is 10.9. The molecule has 0 aromatic heterocycles. The van der Waals surface area contributed by atoms with Crippen LogP contribution in [0.2, 0.25) is 0 Å². The maximum atomic E-state index is 11.3. The van der Waals surface area contributed by atoms with Gasteiger partial charge in [-0.2, -0.15) is 0 Å². The highest BCUT2D eigenvalue weighted by Gasteiger charge is 2.08. The topological polar surface area (TPSA) is 29.1 Å². The van der Waals surface area contributed by atoms with Gasteiger partial charge in [0.1, 0.15) is 11.5 Å². The molecule has 2 aromatic rings. The van der Waals surface area contributed by atoms with E-state index in [-0.39, 0.29) is 5.75 Å². The van der Waals surface area contributed by atoms with Gasteiger partial charge in [-0.05, 0) is 42.7 Å². The van der Waals surface area contributed by atoms with Crippen molar-refractivity contribution in [2.45, 2.75) is 26.7 Å². The minimum atomic E-state index is 0.0412. The van der Waals surface area contributed by atoms with E-state index >= 15 is 0 Å². The molecule has 0 spiro atoms. The molecule has 0 N–H and O–H groups in total. The molecular weight excluding hydrogens is 224 g/mol. The summed E-state index contributed by atoms with van der Waals surface area (Å²) in [6, 6.07) is 13.0. The van der Waals surface area contributed by atoms with E-state index in [9.17, 15) is 5.11 Å². The first-order valence-electron chi connectivity index (χ1n) is 6.12. The van der Waals surface area contributed by atoms with E-state index in [1.807, 2.05) is 18.2 Å². The Bertz CT molecular complexity index is 545. The molecule has 18 heavy (non-hydrogen) atoms. The van der Waals surface area contributed by atoms with E-state index in [1.165, 1.54) is 5.56 Å². The molecule has 0 unspecified atom stereocenters. The lowest BCUT2D eigenvalue weighted by Crippen LogP contribution is -1.93. The highest BCUT2D eigenvalue weighted by atomic mass is 16.5. The molecule has 0 atom stereocenters. The first-order chi connectivity index (χ1) is 8.58. The lowest BCUT2D eigenvalue weighted by Gasteiger charge is -2.13. The van der Waals surface area contributed by atoms with Gasteiger partial charge in [0.15, 0.2) is 5.75 Å². The summed E-state index contributed by atoms with van der Waals surface area (Å²) < 4.78 is 5.87. The van der Waals surface area contributed by atoms with Crippen LogP contribution in [-0.4, -0.2) is 0 Å². The molecule has 93 valence electrons. The summed E-state index contributed by atoms with van der Waals surface area (Å²) in [5.41, 5.74) is 1.87. The molecule has 0 aliphatic heterocycles. The summed E-state index contributed by atoms with van der Waals surface area (Å²) in [5.74, 6) is 2.01. The number of rotatable bonds is 3. The summed E-state index contributed by atoms with van der Waals surface area (Å²) >= 11 is 0. The van der Waals surface area contributed by atoms with Crippen LogP contribution in [0.1, 0.15) is 30.9 Å². The molecule has 0 amide bonds. The van der Waals surface area contributed by atoms with Crippen LogP contribution < -0.4 is 4.74 Å². The molecular formula is C16H17O2. The molecule has 0 bridgehead atoms. The van der Waals surface area contributed by atoms with Crippen LogP contribution in [0.4, 0.5) is 0 Å². The van der Waals surface area contributed by atoms with Crippen LogP contribution in [0.3, 0.4) is 0 Å². The molecule has 0 fully saturated rings. The second kappa shape index (κ2) is 5.13. The second-order valence-corrected chi connectivity index (χ2v) is 4.72. The molecule has 2 rings (SSSR count). The SMILES string of the molecule is Cc1cc(Oc2ccccc2C(C)C)ccc1[O]. The van der Waals surface area contributed by atoms with E-state index in [4.69, 9.17) is 4.74 Å². The van der Waals surface area contributed by atoms with Crippen molar-refractivity contribution >= 4 is 0 Å². The first kappa shape index (κ1) is 12.5. The van der Waals surface area contributed by atoms with Crippen LogP contribution in [-0.2, 0) is 5.11 Å². The standard InChI is InChI=1S/C16H17O2/c1-11(2)14-6-4-5-7-16(14)18-13-8-9-15(17)12(3)10-13/h4-11H,1-3H3. The van der Waals surface area contributed by atoms with Crippen LogP contribution in [0, 0.1) is 6.92 Å². The fourth-order valence-electron chi connectivity index (χ4n) is 1.86. The van der Waals surface area contributed by atoms with Crippen molar-refractivity contribution in [3.05, 3.63) is 53.6 Å². The highest BCUT2D eigenvalue weighted by molar-refractivity contribution is 5.43. The minimum Gasteiger partial charge on any atom is -0.457 e. The van der Waals surface area contributed by atoms with Crippen molar-refractivity contribution in [1.29, 1.82) is 0 Å². The largest absolute Gasteiger partial charge is 0.457 e. The predicted molar refractivity (Wildman–Crippen MR) is 71.9 cm³/mol. The molecule has 0 saturated carbocycles. The Morgan fingerprint density at radius 2 is 1.78 bits per heavy atom. The molecule has 2 heteroatoms. The van der Waals surface area contributed by atoms with Crippen LogP contribution >= 0.6 is 0 Å². The van der Waals surface area contributed by atoms with Gasteiger partial charge in [0, 0.05) is 5.56 Å². The first-order valence-corrected chi connectivity index (χ1v) is 6.12. The summed E-state index contributed by atoms with van der Waals surface area (Å²) in [7, 11) is 0. The van der Waals surface area contributed by atoms with Gasteiger partial charge in [-0.1, -0.05) is 32.0 Å². The third-order valence-electron chi connectivity index (χ3n) is 2.92. The van der Waals surface area contributed by atoms with Gasteiger partial charge < -0.3 is 4.74 Å². The molecule has 1 radical (unpaired) electrons. The number of benzene rings is 2. The third kappa shape index (κ3) is 2.65. The fraction of sp³-hybridized carbons (Fsp3) is 0.250. The second-order valence-electron chi connectivity index (χ2n) is 4.72. The molecule has 2 aromatic carbocycles. The van der Waals surface area contributed by atoms with E-state index in [1.54, 1.807) is 25.1 Å². The van der Waals surface area contributed by atoms with Gasteiger partial charge in [-0.25, -0.2) is 0 Å². The van der Waals surface area contributed by atoms with Gasteiger partial charge in [-0.3, -0.25) is 5.11 Å². The van der Waals surface area contributed by atoms with E-state index in [0.717, 1.165) is 5.75 Å². The Kier molecular flexibility index (Phi) is 3.56. The van der Waals surface area contributed by atoms with E-state index in [2.05, 4.69) is 19.9 Å². The normalized spacial score (nSPS) is 10.7. The summed E-state index contributed by atoms with van der Waals surface area (Å²) in [5, 5.41) is 11.3. The third-order valence-corrected chi connectivity index (χ3v) is 2.92. The smallest absolute Gasteiger partial charge is 0.181 e. The molecule has 0 saturated heterocycles. The fourth-order valence-corrected chi connectivity index (χ4v) is 1.86. The molecule has 0 aliphatic rings. The maximum Gasteiger partial charge on any atom is 0.181 e. The van der Waals surface area contributed by atoms with Crippen molar-refractivity contribution in [1.82, 2.24) is 0 Å². The van der Waals surface area contributed by atoms with Crippen molar-refractivity contribution in [2.75, 3.05) is 0 Å². The van der Waals surface area contributed by atoms with Crippen molar-refractivity contribution in [3.63, 3.8) is 0 Å². The van der Waals surface area contributed by atoms with Gasteiger partial charge in [0.25, 0.3) is 0 Å². The van der Waals surface area contributed by atoms with Gasteiger partial charge >= 0.3 is 0 Å².